The molecule has 1 unspecified atom stereocenters. The van der Waals surface area contributed by atoms with Crippen molar-refractivity contribution in [3.8, 4) is 12.3 Å². The summed E-state index contributed by atoms with van der Waals surface area (Å²) in [6.45, 7) is 2.79. The van der Waals surface area contributed by atoms with Crippen LogP contribution in [0.4, 0.5) is 0 Å². The highest BCUT2D eigenvalue weighted by Crippen LogP contribution is 2.14. The highest BCUT2D eigenvalue weighted by molar-refractivity contribution is 5.79. The summed E-state index contributed by atoms with van der Waals surface area (Å²) >= 11 is 0. The molecule has 0 saturated heterocycles. The lowest BCUT2D eigenvalue weighted by molar-refractivity contribution is 0.648. The summed E-state index contributed by atoms with van der Waals surface area (Å²) < 4.78 is 0. The summed E-state index contributed by atoms with van der Waals surface area (Å²) in [5.41, 5.74) is 2.42. The predicted octanol–water partition coefficient (Wildman–Crippen LogP) is 2.28. The van der Waals surface area contributed by atoms with Gasteiger partial charge in [0.25, 0.3) is 0 Å². The van der Waals surface area contributed by atoms with E-state index < -0.39 is 0 Å². The number of nitrogens with one attached hydrogen (secondary N) is 2. The van der Waals surface area contributed by atoms with Crippen molar-refractivity contribution in [2.75, 3.05) is 0 Å². The van der Waals surface area contributed by atoms with Crippen molar-refractivity contribution >= 4 is 10.9 Å². The van der Waals surface area contributed by atoms with E-state index in [9.17, 15) is 0 Å². The fourth-order valence-electron chi connectivity index (χ4n) is 1.54. The largest absolute Gasteiger partial charge is 0.361 e. The van der Waals surface area contributed by atoms with Gasteiger partial charge in [-0.2, -0.15) is 0 Å². The van der Waals surface area contributed by atoms with Crippen molar-refractivity contribution in [1.29, 1.82) is 0 Å². The third-order valence-corrected chi connectivity index (χ3v) is 2.48. The molecule has 0 aliphatic heterocycles. The Labute approximate surface area is 89.7 Å². The molecule has 2 heteroatoms. The van der Waals surface area contributed by atoms with Gasteiger partial charge in [-0.3, -0.25) is 5.32 Å². The first-order valence-electron chi connectivity index (χ1n) is 5.05. The van der Waals surface area contributed by atoms with Crippen molar-refractivity contribution in [3.05, 3.63) is 36.0 Å². The smallest absolute Gasteiger partial charge is 0.0660 e. The normalized spacial score (nSPS) is 12.5. The number of hydrogen-bond acceptors (Lipinski definition) is 1. The van der Waals surface area contributed by atoms with Crippen LogP contribution in [0, 0.1) is 12.3 Å². The first-order valence-corrected chi connectivity index (χ1v) is 5.05. The first-order chi connectivity index (χ1) is 7.29. The van der Waals surface area contributed by atoms with Gasteiger partial charge >= 0.3 is 0 Å². The molecule has 0 aliphatic rings. The van der Waals surface area contributed by atoms with Gasteiger partial charge in [0, 0.05) is 18.3 Å². The van der Waals surface area contributed by atoms with Crippen LogP contribution >= 0.6 is 0 Å². The molecule has 2 rings (SSSR count). The van der Waals surface area contributed by atoms with E-state index in [0.717, 1.165) is 6.54 Å². The molecule has 2 N–H and O–H groups in total. The van der Waals surface area contributed by atoms with Gasteiger partial charge in [-0.25, -0.2) is 0 Å². The molecule has 0 bridgehead atoms. The molecule has 0 aliphatic carbocycles. The van der Waals surface area contributed by atoms with Crippen molar-refractivity contribution in [3.63, 3.8) is 0 Å². The minimum atomic E-state index is 0.118. The zero-order valence-electron chi connectivity index (χ0n) is 8.75. The quantitative estimate of drug-likeness (QED) is 0.727. The van der Waals surface area contributed by atoms with E-state index in [0.29, 0.717) is 0 Å². The number of rotatable bonds is 3. The second kappa shape index (κ2) is 4.20. The van der Waals surface area contributed by atoms with E-state index >= 15 is 0 Å². The predicted molar refractivity (Wildman–Crippen MR) is 63.4 cm³/mol. The Hall–Kier alpha value is -1.72. The van der Waals surface area contributed by atoms with Gasteiger partial charge in [0.15, 0.2) is 0 Å². The van der Waals surface area contributed by atoms with Crippen molar-refractivity contribution in [2.24, 2.45) is 0 Å². The molecule has 1 aromatic heterocycles. The summed E-state index contributed by atoms with van der Waals surface area (Å²) in [4.78, 5) is 3.17. The maximum absolute atomic E-state index is 5.29. The van der Waals surface area contributed by atoms with Gasteiger partial charge in [-0.15, -0.1) is 6.42 Å². The van der Waals surface area contributed by atoms with Crippen LogP contribution in [0.2, 0.25) is 0 Å². The average molecular weight is 198 g/mol. The van der Waals surface area contributed by atoms with E-state index in [2.05, 4.69) is 40.5 Å². The van der Waals surface area contributed by atoms with Crippen LogP contribution in [-0.4, -0.2) is 11.0 Å². The Morgan fingerprint density at radius 3 is 3.13 bits per heavy atom. The van der Waals surface area contributed by atoms with Crippen LogP contribution in [0.25, 0.3) is 10.9 Å². The maximum atomic E-state index is 5.29. The lowest BCUT2D eigenvalue weighted by atomic mass is 10.1. The minimum absolute atomic E-state index is 0.118. The third-order valence-electron chi connectivity index (χ3n) is 2.48. The van der Waals surface area contributed by atoms with Crippen LogP contribution in [0.3, 0.4) is 0 Å². The summed E-state index contributed by atoms with van der Waals surface area (Å²) in [6.07, 6.45) is 7.24. The molecule has 1 atom stereocenters. The monoisotopic (exact) mass is 198 g/mol. The molecule has 0 radical (unpaired) electrons. The highest BCUT2D eigenvalue weighted by Gasteiger charge is 1.99. The van der Waals surface area contributed by atoms with Crippen molar-refractivity contribution < 1.29 is 0 Å². The molecule has 2 nitrogen and oxygen atoms in total. The molecule has 2 aromatic rings. The summed E-state index contributed by atoms with van der Waals surface area (Å²) in [7, 11) is 0. The summed E-state index contributed by atoms with van der Waals surface area (Å²) in [6, 6.07) is 8.56. The van der Waals surface area contributed by atoms with E-state index in [1.807, 2.05) is 13.1 Å². The molecule has 1 aromatic carbocycles. The Kier molecular flexibility index (Phi) is 2.75. The average Bonchev–Trinajstić information content (AvgIpc) is 2.72. The van der Waals surface area contributed by atoms with Crippen LogP contribution in [-0.2, 0) is 6.54 Å². The van der Waals surface area contributed by atoms with Gasteiger partial charge < -0.3 is 4.98 Å². The van der Waals surface area contributed by atoms with E-state index in [1.54, 1.807) is 0 Å². The van der Waals surface area contributed by atoms with Crippen molar-refractivity contribution in [2.45, 2.75) is 19.5 Å². The molecular formula is C13H14N2. The van der Waals surface area contributed by atoms with Crippen LogP contribution in [0.1, 0.15) is 12.5 Å². The zero-order chi connectivity index (χ0) is 10.7. The standard InChI is InChI=1S/C13H14N2/c1-3-10(2)15-9-11-4-5-13-12(8-11)6-7-14-13/h1,4-8,10,14-15H,9H2,2H3. The Balaban J connectivity index is 2.12. The lowest BCUT2D eigenvalue weighted by Crippen LogP contribution is -2.23. The number of hydrogen-bond donors (Lipinski definition) is 2. The van der Waals surface area contributed by atoms with Gasteiger partial charge in [0.2, 0.25) is 0 Å². The molecule has 0 fully saturated rings. The van der Waals surface area contributed by atoms with Crippen molar-refractivity contribution in [1.82, 2.24) is 10.3 Å². The van der Waals surface area contributed by atoms with Gasteiger partial charge in [0.1, 0.15) is 0 Å². The minimum Gasteiger partial charge on any atom is -0.361 e. The molecule has 76 valence electrons. The highest BCUT2D eigenvalue weighted by atomic mass is 14.9. The number of H-pyrrole nitrogens is 1. The molecule has 15 heavy (non-hydrogen) atoms. The lowest BCUT2D eigenvalue weighted by Gasteiger charge is -2.07. The van der Waals surface area contributed by atoms with E-state index in [1.165, 1.54) is 16.5 Å². The van der Waals surface area contributed by atoms with Crippen LogP contribution < -0.4 is 5.32 Å². The zero-order valence-corrected chi connectivity index (χ0v) is 8.75. The van der Waals surface area contributed by atoms with Gasteiger partial charge in [-0.05, 0) is 36.1 Å². The van der Waals surface area contributed by atoms with E-state index in [4.69, 9.17) is 6.42 Å². The van der Waals surface area contributed by atoms with Gasteiger partial charge in [-0.1, -0.05) is 12.0 Å². The molecule has 0 saturated carbocycles. The fraction of sp³-hybridized carbons (Fsp3) is 0.231. The fourth-order valence-corrected chi connectivity index (χ4v) is 1.54. The SMILES string of the molecule is C#CC(C)NCc1ccc2[nH]ccc2c1. The summed E-state index contributed by atoms with van der Waals surface area (Å²) in [5.74, 6) is 2.65. The Morgan fingerprint density at radius 2 is 2.33 bits per heavy atom. The molecule has 0 amide bonds. The molecular weight excluding hydrogens is 184 g/mol. The van der Waals surface area contributed by atoms with Crippen LogP contribution in [0.5, 0.6) is 0 Å². The first kappa shape index (κ1) is 9.82. The second-order valence-corrected chi connectivity index (χ2v) is 3.67. The van der Waals surface area contributed by atoms with Gasteiger partial charge in [0.05, 0.1) is 6.04 Å². The Bertz CT molecular complexity index is 490. The molecule has 1 heterocycles. The second-order valence-electron chi connectivity index (χ2n) is 3.67. The topological polar surface area (TPSA) is 27.8 Å². The number of aromatic amines is 1. The third kappa shape index (κ3) is 2.20. The maximum Gasteiger partial charge on any atom is 0.0660 e. The van der Waals surface area contributed by atoms with Crippen LogP contribution in [0.15, 0.2) is 30.5 Å². The summed E-state index contributed by atoms with van der Waals surface area (Å²) in [5, 5.41) is 4.50. The molecule has 0 spiro atoms. The Morgan fingerprint density at radius 1 is 1.47 bits per heavy atom. The number of aromatic nitrogens is 1. The number of benzene rings is 1. The van der Waals surface area contributed by atoms with E-state index in [-0.39, 0.29) is 6.04 Å². The number of fused-ring (bicyclic) bond motifs is 1. The number of terminal acetylenes is 1.